The van der Waals surface area contributed by atoms with Crippen LogP contribution in [0.25, 0.3) is 11.1 Å². The van der Waals surface area contributed by atoms with Crippen molar-refractivity contribution in [1.82, 2.24) is 4.98 Å². The first-order valence-electron chi connectivity index (χ1n) is 4.67. The number of aromatic nitrogens is 1. The maximum absolute atomic E-state index is 13.4. The first-order valence-corrected chi connectivity index (χ1v) is 5.20. The Hall–Kier alpha value is -1.48. The van der Waals surface area contributed by atoms with Crippen LogP contribution in [0.2, 0.25) is 0 Å². The molecule has 16 heavy (non-hydrogen) atoms. The van der Waals surface area contributed by atoms with Crippen molar-refractivity contribution in [3.63, 3.8) is 0 Å². The minimum atomic E-state index is -0.475. The van der Waals surface area contributed by atoms with Crippen LogP contribution in [0.15, 0.2) is 36.5 Å². The van der Waals surface area contributed by atoms with Gasteiger partial charge in [-0.15, -0.1) is 11.6 Å². The summed E-state index contributed by atoms with van der Waals surface area (Å²) in [5.41, 5.74) is 1.32. The molecule has 1 nitrogen and oxygen atoms in total. The van der Waals surface area contributed by atoms with E-state index in [2.05, 4.69) is 4.98 Å². The third kappa shape index (κ3) is 2.19. The van der Waals surface area contributed by atoms with Gasteiger partial charge in [-0.1, -0.05) is 12.1 Å². The maximum Gasteiger partial charge on any atom is 0.146 e. The molecule has 1 heterocycles. The van der Waals surface area contributed by atoms with Crippen LogP contribution in [0.3, 0.4) is 0 Å². The van der Waals surface area contributed by atoms with Gasteiger partial charge in [0.05, 0.1) is 11.6 Å². The third-order valence-corrected chi connectivity index (χ3v) is 2.46. The average molecular weight is 240 g/mol. The Morgan fingerprint density at radius 1 is 1.12 bits per heavy atom. The summed E-state index contributed by atoms with van der Waals surface area (Å²) in [4.78, 5) is 3.87. The molecule has 0 saturated carbocycles. The molecule has 1 aromatic heterocycles. The highest BCUT2D eigenvalue weighted by atomic mass is 35.5. The molecule has 2 rings (SSSR count). The second-order valence-electron chi connectivity index (χ2n) is 3.30. The van der Waals surface area contributed by atoms with E-state index < -0.39 is 5.82 Å². The van der Waals surface area contributed by atoms with Crippen molar-refractivity contribution in [1.29, 1.82) is 0 Å². The zero-order valence-electron chi connectivity index (χ0n) is 8.25. The highest BCUT2D eigenvalue weighted by molar-refractivity contribution is 6.16. The Balaban J connectivity index is 2.45. The molecule has 0 saturated heterocycles. The molecule has 4 heteroatoms. The van der Waals surface area contributed by atoms with Gasteiger partial charge >= 0.3 is 0 Å². The van der Waals surface area contributed by atoms with Crippen molar-refractivity contribution < 1.29 is 8.78 Å². The fourth-order valence-electron chi connectivity index (χ4n) is 1.39. The Morgan fingerprint density at radius 3 is 2.56 bits per heavy atom. The Bertz CT molecular complexity index is 514. The lowest BCUT2D eigenvalue weighted by Gasteiger charge is -2.03. The number of alkyl halides is 1. The van der Waals surface area contributed by atoms with E-state index in [1.807, 2.05) is 0 Å². The summed E-state index contributed by atoms with van der Waals surface area (Å²) in [6.07, 6.45) is 1.48. The number of rotatable bonds is 2. The summed E-state index contributed by atoms with van der Waals surface area (Å²) >= 11 is 5.49. The van der Waals surface area contributed by atoms with Gasteiger partial charge in [0.1, 0.15) is 11.6 Å². The maximum atomic E-state index is 13.4. The minimum absolute atomic E-state index is 0.0231. The first kappa shape index (κ1) is 11.0. The van der Waals surface area contributed by atoms with E-state index >= 15 is 0 Å². The van der Waals surface area contributed by atoms with Crippen LogP contribution in [0.1, 0.15) is 5.69 Å². The van der Waals surface area contributed by atoms with E-state index in [1.165, 1.54) is 24.4 Å². The predicted molar refractivity (Wildman–Crippen MR) is 59.1 cm³/mol. The molecule has 0 aliphatic rings. The number of benzene rings is 1. The van der Waals surface area contributed by atoms with Gasteiger partial charge in [0, 0.05) is 11.8 Å². The largest absolute Gasteiger partial charge is 0.256 e. The molecule has 0 radical (unpaired) electrons. The second kappa shape index (κ2) is 4.58. The van der Waals surface area contributed by atoms with Crippen molar-refractivity contribution in [3.8, 4) is 11.1 Å². The fraction of sp³-hybridized carbons (Fsp3) is 0.0833. The Morgan fingerprint density at radius 2 is 1.94 bits per heavy atom. The van der Waals surface area contributed by atoms with Crippen LogP contribution in [-0.4, -0.2) is 4.98 Å². The SMILES string of the molecule is Fc1cccc(-c2cnc(CCl)c(F)c2)c1. The van der Waals surface area contributed by atoms with Gasteiger partial charge in [-0.25, -0.2) is 8.78 Å². The highest BCUT2D eigenvalue weighted by Gasteiger charge is 2.06. The lowest BCUT2D eigenvalue weighted by molar-refractivity contribution is 0.608. The van der Waals surface area contributed by atoms with Gasteiger partial charge in [0.2, 0.25) is 0 Å². The van der Waals surface area contributed by atoms with Gasteiger partial charge in [-0.3, -0.25) is 4.98 Å². The standard InChI is InChI=1S/C12H8ClF2N/c13-6-12-11(15)5-9(7-16-12)8-2-1-3-10(14)4-8/h1-5,7H,6H2. The van der Waals surface area contributed by atoms with E-state index in [1.54, 1.807) is 12.1 Å². The quantitative estimate of drug-likeness (QED) is 0.727. The monoisotopic (exact) mass is 239 g/mol. The molecule has 0 fully saturated rings. The topological polar surface area (TPSA) is 12.9 Å². The lowest BCUT2D eigenvalue weighted by Crippen LogP contribution is -1.92. The molecular formula is C12H8ClF2N. The summed E-state index contributed by atoms with van der Waals surface area (Å²) in [7, 11) is 0. The molecule has 0 aliphatic carbocycles. The predicted octanol–water partition coefficient (Wildman–Crippen LogP) is 3.77. The summed E-state index contributed by atoms with van der Waals surface area (Å²) < 4.78 is 26.4. The highest BCUT2D eigenvalue weighted by Crippen LogP contribution is 2.21. The number of nitrogens with zero attached hydrogens (tertiary/aromatic N) is 1. The minimum Gasteiger partial charge on any atom is -0.256 e. The molecule has 1 aromatic carbocycles. The number of hydrogen-bond donors (Lipinski definition) is 0. The fourth-order valence-corrected chi connectivity index (χ4v) is 1.59. The van der Waals surface area contributed by atoms with Crippen LogP contribution in [0, 0.1) is 11.6 Å². The van der Waals surface area contributed by atoms with Crippen molar-refractivity contribution in [2.45, 2.75) is 5.88 Å². The molecule has 0 bridgehead atoms. The number of halogens is 3. The van der Waals surface area contributed by atoms with E-state index in [4.69, 9.17) is 11.6 Å². The molecule has 0 unspecified atom stereocenters. The van der Waals surface area contributed by atoms with Crippen molar-refractivity contribution in [2.24, 2.45) is 0 Å². The first-order chi connectivity index (χ1) is 7.70. The van der Waals surface area contributed by atoms with Crippen LogP contribution in [-0.2, 0) is 5.88 Å². The average Bonchev–Trinajstić information content (AvgIpc) is 2.29. The van der Waals surface area contributed by atoms with Crippen LogP contribution < -0.4 is 0 Å². The Kier molecular flexibility index (Phi) is 3.15. The second-order valence-corrected chi connectivity index (χ2v) is 3.56. The molecule has 0 amide bonds. The zero-order valence-corrected chi connectivity index (χ0v) is 9.01. The van der Waals surface area contributed by atoms with Gasteiger partial charge in [-0.2, -0.15) is 0 Å². The van der Waals surface area contributed by atoms with Crippen LogP contribution in [0.5, 0.6) is 0 Å². The Labute approximate surface area is 96.7 Å². The smallest absolute Gasteiger partial charge is 0.146 e. The van der Waals surface area contributed by atoms with Gasteiger partial charge in [0.25, 0.3) is 0 Å². The third-order valence-electron chi connectivity index (χ3n) is 2.20. The lowest BCUT2D eigenvalue weighted by atomic mass is 10.1. The summed E-state index contributed by atoms with van der Waals surface area (Å²) in [5.74, 6) is -0.814. The number of hydrogen-bond acceptors (Lipinski definition) is 1. The van der Waals surface area contributed by atoms with Crippen molar-refractivity contribution >= 4 is 11.6 Å². The number of pyridine rings is 1. The molecule has 0 atom stereocenters. The zero-order chi connectivity index (χ0) is 11.5. The normalized spacial score (nSPS) is 10.4. The summed E-state index contributed by atoms with van der Waals surface area (Å²) in [5, 5.41) is 0. The summed E-state index contributed by atoms with van der Waals surface area (Å²) in [6.45, 7) is 0. The van der Waals surface area contributed by atoms with Gasteiger partial charge in [-0.05, 0) is 23.8 Å². The van der Waals surface area contributed by atoms with Gasteiger partial charge in [0.15, 0.2) is 0 Å². The van der Waals surface area contributed by atoms with Gasteiger partial charge < -0.3 is 0 Å². The van der Waals surface area contributed by atoms with Crippen molar-refractivity contribution in [3.05, 3.63) is 53.9 Å². The van der Waals surface area contributed by atoms with E-state index in [9.17, 15) is 8.78 Å². The summed E-state index contributed by atoms with van der Waals surface area (Å²) in [6, 6.07) is 7.23. The van der Waals surface area contributed by atoms with Crippen LogP contribution in [0.4, 0.5) is 8.78 Å². The van der Waals surface area contributed by atoms with E-state index in [-0.39, 0.29) is 17.4 Å². The van der Waals surface area contributed by atoms with E-state index in [0.29, 0.717) is 11.1 Å². The molecule has 0 N–H and O–H groups in total. The van der Waals surface area contributed by atoms with Crippen LogP contribution >= 0.6 is 11.6 Å². The molecular weight excluding hydrogens is 232 g/mol. The van der Waals surface area contributed by atoms with Crippen molar-refractivity contribution in [2.75, 3.05) is 0 Å². The molecule has 82 valence electrons. The van der Waals surface area contributed by atoms with E-state index in [0.717, 1.165) is 0 Å². The molecule has 0 aliphatic heterocycles. The molecule has 2 aromatic rings. The molecule has 0 spiro atoms.